The van der Waals surface area contributed by atoms with Crippen molar-refractivity contribution in [3.05, 3.63) is 76.7 Å². The Morgan fingerprint density at radius 2 is 1.90 bits per heavy atom. The van der Waals surface area contributed by atoms with Crippen LogP contribution < -0.4 is 5.73 Å². The quantitative estimate of drug-likeness (QED) is 0.685. The summed E-state index contributed by atoms with van der Waals surface area (Å²) in [6, 6.07) is 13.9. The van der Waals surface area contributed by atoms with Gasteiger partial charge in [0.15, 0.2) is 0 Å². The van der Waals surface area contributed by atoms with Crippen molar-refractivity contribution in [1.82, 2.24) is 9.88 Å². The highest BCUT2D eigenvalue weighted by atomic mass is 19.1. The van der Waals surface area contributed by atoms with Gasteiger partial charge in [-0.1, -0.05) is 29.8 Å². The molecular formula is C25H26FN3O2. The number of amides is 2. The van der Waals surface area contributed by atoms with Gasteiger partial charge >= 0.3 is 0 Å². The molecule has 0 bridgehead atoms. The lowest BCUT2D eigenvalue weighted by molar-refractivity contribution is -0.133. The van der Waals surface area contributed by atoms with Crippen molar-refractivity contribution in [2.45, 2.75) is 38.5 Å². The van der Waals surface area contributed by atoms with Crippen molar-refractivity contribution in [2.24, 2.45) is 5.73 Å². The van der Waals surface area contributed by atoms with Crippen LogP contribution in [0.5, 0.6) is 0 Å². The van der Waals surface area contributed by atoms with E-state index in [0.29, 0.717) is 35.2 Å². The number of hydrogen-bond acceptors (Lipinski definition) is 3. The van der Waals surface area contributed by atoms with Crippen LogP contribution in [-0.2, 0) is 4.79 Å². The summed E-state index contributed by atoms with van der Waals surface area (Å²) in [4.78, 5) is 31.9. The number of nitrogens with two attached hydrogens (primary N) is 1. The molecule has 1 aliphatic heterocycles. The van der Waals surface area contributed by atoms with Crippen LogP contribution in [0.15, 0.2) is 48.5 Å². The smallest absolute Gasteiger partial charge is 0.250 e. The number of halogens is 1. The Bertz CT molecular complexity index is 1140. The summed E-state index contributed by atoms with van der Waals surface area (Å²) in [5.41, 5.74) is 9.27. The summed E-state index contributed by atoms with van der Waals surface area (Å²) >= 11 is 0. The van der Waals surface area contributed by atoms with Gasteiger partial charge in [-0.2, -0.15) is 0 Å². The Labute approximate surface area is 181 Å². The number of nitrogens with zero attached hydrogens (tertiary/aromatic N) is 2. The van der Waals surface area contributed by atoms with E-state index in [4.69, 9.17) is 5.73 Å². The minimum atomic E-state index is -0.592. The number of rotatable bonds is 4. The molecule has 2 atom stereocenters. The van der Waals surface area contributed by atoms with Crippen molar-refractivity contribution in [2.75, 3.05) is 13.1 Å². The molecule has 1 saturated heterocycles. The molecule has 6 heteroatoms. The summed E-state index contributed by atoms with van der Waals surface area (Å²) in [6.07, 6.45) is 1.63. The van der Waals surface area contributed by atoms with E-state index >= 15 is 0 Å². The average molecular weight is 420 g/mol. The second kappa shape index (κ2) is 8.46. The molecule has 0 spiro atoms. The molecule has 1 fully saturated rings. The summed E-state index contributed by atoms with van der Waals surface area (Å²) in [7, 11) is 0. The third-order valence-corrected chi connectivity index (χ3v) is 6.14. The largest absolute Gasteiger partial charge is 0.366 e. The van der Waals surface area contributed by atoms with Crippen molar-refractivity contribution < 1.29 is 14.0 Å². The van der Waals surface area contributed by atoms with Crippen molar-refractivity contribution >= 4 is 22.7 Å². The molecular weight excluding hydrogens is 393 g/mol. The fraction of sp³-hybridized carbons (Fsp3) is 0.320. The van der Waals surface area contributed by atoms with Gasteiger partial charge in [-0.05, 0) is 56.5 Å². The maximum atomic E-state index is 13.6. The number of aromatic nitrogens is 1. The summed E-state index contributed by atoms with van der Waals surface area (Å²) in [5, 5.41) is 0.536. The molecule has 2 N–H and O–H groups in total. The number of piperidine rings is 1. The molecule has 1 aliphatic rings. The highest BCUT2D eigenvalue weighted by molar-refractivity contribution is 5.98. The van der Waals surface area contributed by atoms with Gasteiger partial charge in [-0.15, -0.1) is 0 Å². The van der Waals surface area contributed by atoms with Gasteiger partial charge in [0.05, 0.1) is 22.7 Å². The van der Waals surface area contributed by atoms with Crippen LogP contribution in [0.25, 0.3) is 10.9 Å². The number of fused-ring (bicyclic) bond motifs is 1. The fourth-order valence-corrected chi connectivity index (χ4v) is 4.34. The highest BCUT2D eigenvalue weighted by Crippen LogP contribution is 2.32. The molecule has 1 aromatic heterocycles. The molecule has 31 heavy (non-hydrogen) atoms. The van der Waals surface area contributed by atoms with Crippen LogP contribution in [0.4, 0.5) is 4.39 Å². The minimum Gasteiger partial charge on any atom is -0.366 e. The highest BCUT2D eigenvalue weighted by Gasteiger charge is 2.31. The van der Waals surface area contributed by atoms with E-state index in [2.05, 4.69) is 4.98 Å². The van der Waals surface area contributed by atoms with Crippen LogP contribution in [0.3, 0.4) is 0 Å². The van der Waals surface area contributed by atoms with Crippen LogP contribution in [0.2, 0.25) is 0 Å². The molecule has 0 saturated carbocycles. The van der Waals surface area contributed by atoms with Gasteiger partial charge < -0.3 is 10.6 Å². The number of hydrogen-bond donors (Lipinski definition) is 1. The second-order valence-electron chi connectivity index (χ2n) is 8.38. The van der Waals surface area contributed by atoms with E-state index in [9.17, 15) is 14.0 Å². The lowest BCUT2D eigenvalue weighted by Crippen LogP contribution is -2.41. The zero-order chi connectivity index (χ0) is 22.1. The predicted octanol–water partition coefficient (Wildman–Crippen LogP) is 4.29. The first-order valence-electron chi connectivity index (χ1n) is 10.6. The lowest BCUT2D eigenvalue weighted by Gasteiger charge is -2.34. The Morgan fingerprint density at radius 3 is 2.61 bits per heavy atom. The Balaban J connectivity index is 1.62. The zero-order valence-corrected chi connectivity index (χ0v) is 17.8. The Morgan fingerprint density at radius 1 is 1.16 bits per heavy atom. The van der Waals surface area contributed by atoms with Crippen molar-refractivity contribution in [1.29, 1.82) is 0 Å². The molecule has 2 aromatic carbocycles. The number of benzene rings is 2. The van der Waals surface area contributed by atoms with Gasteiger partial charge in [0, 0.05) is 24.4 Å². The van der Waals surface area contributed by atoms with E-state index in [1.54, 1.807) is 12.1 Å². The molecule has 3 aromatic rings. The second-order valence-corrected chi connectivity index (χ2v) is 8.38. The standard InChI is InChI=1S/C25H26FN3O2/c1-15-5-7-17(8-6-15)16(2)25(31)29-11-3-4-18(14-29)23-21(24(27)30)13-19-12-20(26)9-10-22(19)28-23/h5-10,12-13,16,18H,3-4,11,14H2,1-2H3,(H2,27,30)/t16-,18+/m1/s1. The first kappa shape index (κ1) is 21.0. The van der Waals surface area contributed by atoms with E-state index in [0.717, 1.165) is 24.0 Å². The normalized spacial score (nSPS) is 17.5. The number of carbonyl (C=O) groups excluding carboxylic acids is 2. The van der Waals surface area contributed by atoms with Crippen LogP contribution in [0.1, 0.15) is 58.8 Å². The van der Waals surface area contributed by atoms with E-state index in [-0.39, 0.29) is 17.7 Å². The Hall–Kier alpha value is -3.28. The van der Waals surface area contributed by atoms with Crippen LogP contribution in [-0.4, -0.2) is 34.8 Å². The number of carbonyl (C=O) groups is 2. The summed E-state index contributed by atoms with van der Waals surface area (Å²) in [5.74, 6) is -1.26. The zero-order valence-electron chi connectivity index (χ0n) is 17.8. The molecule has 2 amide bonds. The first-order chi connectivity index (χ1) is 14.8. The number of likely N-dealkylation sites (tertiary alicyclic amines) is 1. The first-order valence-corrected chi connectivity index (χ1v) is 10.6. The summed E-state index contributed by atoms with van der Waals surface area (Å²) in [6.45, 7) is 5.10. The van der Waals surface area contributed by atoms with Gasteiger partial charge in [0.25, 0.3) is 5.91 Å². The van der Waals surface area contributed by atoms with E-state index in [1.165, 1.54) is 12.1 Å². The van der Waals surface area contributed by atoms with Crippen LogP contribution >= 0.6 is 0 Å². The maximum Gasteiger partial charge on any atom is 0.250 e. The van der Waals surface area contributed by atoms with Crippen LogP contribution in [0, 0.1) is 12.7 Å². The molecule has 2 heterocycles. The van der Waals surface area contributed by atoms with Crippen molar-refractivity contribution in [3.63, 3.8) is 0 Å². The van der Waals surface area contributed by atoms with Gasteiger partial charge in [-0.3, -0.25) is 14.6 Å². The minimum absolute atomic E-state index is 0.0667. The molecule has 5 nitrogen and oxygen atoms in total. The summed E-state index contributed by atoms with van der Waals surface area (Å²) < 4.78 is 13.6. The molecule has 0 aliphatic carbocycles. The van der Waals surface area contributed by atoms with Crippen molar-refractivity contribution in [3.8, 4) is 0 Å². The fourth-order valence-electron chi connectivity index (χ4n) is 4.34. The molecule has 0 unspecified atom stereocenters. The SMILES string of the molecule is Cc1ccc([C@@H](C)C(=O)N2CCC[C@H](c3nc4ccc(F)cc4cc3C(N)=O)C2)cc1. The third-order valence-electron chi connectivity index (χ3n) is 6.14. The molecule has 4 rings (SSSR count). The topological polar surface area (TPSA) is 76.3 Å². The lowest BCUT2D eigenvalue weighted by atomic mass is 9.89. The maximum absolute atomic E-state index is 13.6. The molecule has 0 radical (unpaired) electrons. The van der Waals surface area contributed by atoms with Gasteiger partial charge in [-0.25, -0.2) is 4.39 Å². The predicted molar refractivity (Wildman–Crippen MR) is 118 cm³/mol. The number of pyridine rings is 1. The third kappa shape index (κ3) is 4.29. The van der Waals surface area contributed by atoms with Gasteiger partial charge in [0.1, 0.15) is 5.82 Å². The monoisotopic (exact) mass is 419 g/mol. The van der Waals surface area contributed by atoms with E-state index in [1.807, 2.05) is 43.0 Å². The average Bonchev–Trinajstić information content (AvgIpc) is 2.77. The number of aryl methyl sites for hydroxylation is 1. The van der Waals surface area contributed by atoms with Gasteiger partial charge in [0.2, 0.25) is 5.91 Å². The number of primary amides is 1. The molecule has 160 valence electrons. The Kier molecular flexibility index (Phi) is 5.72. The van der Waals surface area contributed by atoms with E-state index < -0.39 is 11.7 Å².